The van der Waals surface area contributed by atoms with Gasteiger partial charge in [-0.25, -0.2) is 9.59 Å². The number of nitrogen functional groups attached to an aromatic ring is 2. The van der Waals surface area contributed by atoms with Gasteiger partial charge in [-0.2, -0.15) is 0 Å². The summed E-state index contributed by atoms with van der Waals surface area (Å²) in [6, 6.07) is 5.85. The van der Waals surface area contributed by atoms with Crippen molar-refractivity contribution in [3.05, 3.63) is 45.4 Å². The summed E-state index contributed by atoms with van der Waals surface area (Å²) in [6.45, 7) is 5.81. The van der Waals surface area contributed by atoms with Crippen LogP contribution in [0.25, 0.3) is 0 Å². The number of hydrogen-bond acceptors (Lipinski definition) is 13. The van der Waals surface area contributed by atoms with E-state index in [0.29, 0.717) is 114 Å². The Bertz CT molecular complexity index is 1450. The first-order valence-corrected chi connectivity index (χ1v) is 18.4. The minimum Gasteiger partial charge on any atom is -0.496 e. The average molecular weight is 782 g/mol. The van der Waals surface area contributed by atoms with Crippen molar-refractivity contribution < 1.29 is 42.9 Å². The maximum atomic E-state index is 12.7. The van der Waals surface area contributed by atoms with E-state index in [-0.39, 0.29) is 58.0 Å². The molecule has 0 bridgehead atoms. The lowest BCUT2D eigenvalue weighted by atomic mass is 9.96. The molecule has 15 nitrogen and oxygen atoms in total. The third kappa shape index (κ3) is 12.5. The van der Waals surface area contributed by atoms with E-state index in [4.69, 9.17) is 58.4 Å². The van der Waals surface area contributed by atoms with Gasteiger partial charge in [-0.15, -0.1) is 0 Å². The fourth-order valence-electron chi connectivity index (χ4n) is 6.21. The molecule has 2 aliphatic rings. The molecule has 2 saturated heterocycles. The van der Waals surface area contributed by atoms with Crippen LogP contribution in [0, 0.1) is 11.8 Å². The van der Waals surface area contributed by atoms with Crippen molar-refractivity contribution in [2.45, 2.75) is 25.7 Å². The van der Waals surface area contributed by atoms with Gasteiger partial charge >= 0.3 is 11.9 Å². The largest absolute Gasteiger partial charge is 0.496 e. The van der Waals surface area contributed by atoms with Crippen molar-refractivity contribution in [3.63, 3.8) is 0 Å². The standard InChI is InChI=1S/C36H50Cl2N6O9/c1-49-31-21-29(39)27(37)19-25(31)35(47)52-17-13-43-9-3-23(4-10-43)33(45)41-7-15-51-16-8-42-34(46)24-5-11-44(12-6-24)14-18-53-36(48)26-20-28(38)30(40)22-32(26)50-2/h19-24H,3-18,39-40H2,1-2H3,(H,41,45)(H,42,46). The normalized spacial score (nSPS) is 15.8. The van der Waals surface area contributed by atoms with Crippen LogP contribution in [0.2, 0.25) is 10.0 Å². The molecule has 2 amide bonds. The number of amides is 2. The summed E-state index contributed by atoms with van der Waals surface area (Å²) in [5.74, 6) is -0.673. The number of piperidine rings is 2. The predicted octanol–water partition coefficient (Wildman–Crippen LogP) is 2.86. The van der Waals surface area contributed by atoms with E-state index < -0.39 is 11.9 Å². The molecule has 6 N–H and O–H groups in total. The van der Waals surface area contributed by atoms with Crippen molar-refractivity contribution in [2.75, 3.05) is 104 Å². The van der Waals surface area contributed by atoms with E-state index in [1.54, 1.807) is 0 Å². The van der Waals surface area contributed by atoms with Crippen LogP contribution in [0.4, 0.5) is 11.4 Å². The zero-order chi connectivity index (χ0) is 38.3. The number of likely N-dealkylation sites (tertiary alicyclic amines) is 2. The van der Waals surface area contributed by atoms with E-state index in [9.17, 15) is 19.2 Å². The van der Waals surface area contributed by atoms with Gasteiger partial charge in [0.25, 0.3) is 0 Å². The average Bonchev–Trinajstić information content (AvgIpc) is 3.16. The van der Waals surface area contributed by atoms with Crippen molar-refractivity contribution >= 4 is 58.3 Å². The number of hydrogen-bond donors (Lipinski definition) is 4. The number of nitrogens with one attached hydrogen (secondary N) is 2. The summed E-state index contributed by atoms with van der Waals surface area (Å²) in [5.41, 5.74) is 12.6. The molecule has 2 aliphatic heterocycles. The first-order valence-electron chi connectivity index (χ1n) is 17.7. The lowest BCUT2D eigenvalue weighted by molar-refractivity contribution is -0.127. The Morgan fingerprint density at radius 2 is 1.04 bits per heavy atom. The van der Waals surface area contributed by atoms with Crippen molar-refractivity contribution in [2.24, 2.45) is 11.8 Å². The van der Waals surface area contributed by atoms with Crippen molar-refractivity contribution in [3.8, 4) is 11.5 Å². The Morgan fingerprint density at radius 1 is 0.660 bits per heavy atom. The summed E-state index contributed by atoms with van der Waals surface area (Å²) in [4.78, 5) is 54.7. The smallest absolute Gasteiger partial charge is 0.342 e. The first-order chi connectivity index (χ1) is 25.5. The van der Waals surface area contributed by atoms with Crippen LogP contribution in [-0.2, 0) is 23.8 Å². The second-order valence-electron chi connectivity index (χ2n) is 12.8. The molecule has 0 saturated carbocycles. The lowest BCUT2D eigenvalue weighted by Gasteiger charge is -2.31. The molecule has 2 fully saturated rings. The third-order valence-corrected chi connectivity index (χ3v) is 10.0. The number of carbonyl (C=O) groups is 4. The van der Waals surface area contributed by atoms with Crippen LogP contribution >= 0.6 is 23.2 Å². The molecule has 53 heavy (non-hydrogen) atoms. The fourth-order valence-corrected chi connectivity index (χ4v) is 6.53. The van der Waals surface area contributed by atoms with Crippen LogP contribution < -0.4 is 31.6 Å². The number of rotatable bonds is 18. The number of nitrogens with zero attached hydrogens (tertiary/aromatic N) is 2. The van der Waals surface area contributed by atoms with E-state index in [1.807, 2.05) is 0 Å². The van der Waals surface area contributed by atoms with E-state index in [0.717, 1.165) is 0 Å². The van der Waals surface area contributed by atoms with E-state index >= 15 is 0 Å². The number of nitrogens with two attached hydrogens (primary N) is 2. The molecule has 2 aromatic rings. The lowest BCUT2D eigenvalue weighted by Crippen LogP contribution is -2.43. The monoisotopic (exact) mass is 780 g/mol. The minimum absolute atomic E-state index is 0.00300. The van der Waals surface area contributed by atoms with Crippen LogP contribution in [-0.4, -0.2) is 127 Å². The van der Waals surface area contributed by atoms with Gasteiger partial charge in [0.05, 0.1) is 48.9 Å². The molecule has 2 heterocycles. The van der Waals surface area contributed by atoms with Crippen LogP contribution in [0.1, 0.15) is 46.4 Å². The summed E-state index contributed by atoms with van der Waals surface area (Å²) in [7, 11) is 2.88. The summed E-state index contributed by atoms with van der Waals surface area (Å²) < 4.78 is 26.9. The Balaban J connectivity index is 0.991. The number of methoxy groups -OCH3 is 2. The van der Waals surface area contributed by atoms with E-state index in [1.165, 1.54) is 38.5 Å². The fraction of sp³-hybridized carbons (Fsp3) is 0.556. The number of halogens is 2. The zero-order valence-electron chi connectivity index (χ0n) is 30.3. The van der Waals surface area contributed by atoms with E-state index in [2.05, 4.69) is 20.4 Å². The highest BCUT2D eigenvalue weighted by Gasteiger charge is 2.27. The number of esters is 2. The summed E-state index contributed by atoms with van der Waals surface area (Å²) >= 11 is 12.1. The number of anilines is 2. The Hall–Kier alpha value is -4.02. The van der Waals surface area contributed by atoms with Gasteiger partial charge in [-0.1, -0.05) is 23.2 Å². The molecular weight excluding hydrogens is 731 g/mol. The Labute approximate surface area is 319 Å². The number of benzene rings is 2. The highest BCUT2D eigenvalue weighted by atomic mass is 35.5. The van der Waals surface area contributed by atoms with Gasteiger partial charge < -0.3 is 45.8 Å². The predicted molar refractivity (Wildman–Crippen MR) is 201 cm³/mol. The van der Waals surface area contributed by atoms with Crippen molar-refractivity contribution in [1.82, 2.24) is 20.4 Å². The topological polar surface area (TPSA) is 197 Å². The minimum atomic E-state index is -0.542. The molecule has 0 aromatic heterocycles. The molecule has 0 spiro atoms. The van der Waals surface area contributed by atoms with Gasteiger partial charge in [0, 0.05) is 50.1 Å². The van der Waals surface area contributed by atoms with Crippen LogP contribution in [0.3, 0.4) is 0 Å². The Morgan fingerprint density at radius 3 is 1.40 bits per heavy atom. The molecule has 17 heteroatoms. The van der Waals surface area contributed by atoms with Gasteiger partial charge in [-0.05, 0) is 64.0 Å². The molecule has 0 aliphatic carbocycles. The number of carbonyl (C=O) groups excluding carboxylic acids is 4. The van der Waals surface area contributed by atoms with Crippen molar-refractivity contribution in [1.29, 1.82) is 0 Å². The van der Waals surface area contributed by atoms with Gasteiger partial charge in [-0.3, -0.25) is 19.4 Å². The highest BCUT2D eigenvalue weighted by Crippen LogP contribution is 2.30. The van der Waals surface area contributed by atoms with Crippen LogP contribution in [0.5, 0.6) is 11.5 Å². The molecule has 0 radical (unpaired) electrons. The maximum absolute atomic E-state index is 12.7. The summed E-state index contributed by atoms with van der Waals surface area (Å²) in [6.07, 6.45) is 2.82. The first kappa shape index (κ1) is 41.7. The molecule has 4 rings (SSSR count). The zero-order valence-corrected chi connectivity index (χ0v) is 31.8. The second-order valence-corrected chi connectivity index (χ2v) is 13.7. The summed E-state index contributed by atoms with van der Waals surface area (Å²) in [5, 5.41) is 6.38. The quantitative estimate of drug-likeness (QED) is 0.0980. The molecule has 292 valence electrons. The molecule has 0 unspecified atom stereocenters. The SMILES string of the molecule is COc1cc(N)c(Cl)cc1C(=O)OCCN1CCC(C(=O)NCCOCCNC(=O)C2CCN(CCOC(=O)c3cc(Cl)c(N)cc3OC)CC2)CC1. The van der Waals surface area contributed by atoms with Gasteiger partial charge in [0.2, 0.25) is 11.8 Å². The van der Waals surface area contributed by atoms with Crippen LogP contribution in [0.15, 0.2) is 24.3 Å². The number of ether oxygens (including phenoxy) is 5. The third-order valence-electron chi connectivity index (χ3n) is 9.37. The maximum Gasteiger partial charge on any atom is 0.342 e. The second kappa shape index (κ2) is 21.0. The molecule has 2 aromatic carbocycles. The van der Waals surface area contributed by atoms with Gasteiger partial charge in [0.1, 0.15) is 35.8 Å². The molecule has 0 atom stereocenters. The molecular formula is C36H50Cl2N6O9. The highest BCUT2D eigenvalue weighted by molar-refractivity contribution is 6.34. The Kier molecular flexibility index (Phi) is 16.6. The van der Waals surface area contributed by atoms with Gasteiger partial charge in [0.15, 0.2) is 0 Å².